The lowest BCUT2D eigenvalue weighted by atomic mass is 9.95. The zero-order valence-corrected chi connectivity index (χ0v) is 19.7. The molecule has 2 aromatic rings. The average molecular weight is 457 g/mol. The Morgan fingerprint density at radius 1 is 1.00 bits per heavy atom. The van der Waals surface area contributed by atoms with Crippen molar-refractivity contribution in [3.63, 3.8) is 0 Å². The Balaban J connectivity index is 1.40. The van der Waals surface area contributed by atoms with E-state index in [1.165, 1.54) is 11.3 Å². The third kappa shape index (κ3) is 6.90. The molecule has 2 heterocycles. The van der Waals surface area contributed by atoms with Crippen LogP contribution in [0.1, 0.15) is 43.3 Å². The molecule has 3 amide bonds. The summed E-state index contributed by atoms with van der Waals surface area (Å²) < 4.78 is 0. The van der Waals surface area contributed by atoms with Crippen molar-refractivity contribution in [3.8, 4) is 0 Å². The van der Waals surface area contributed by atoms with Gasteiger partial charge in [-0.3, -0.25) is 19.3 Å². The Bertz CT molecular complexity index is 904. The van der Waals surface area contributed by atoms with Gasteiger partial charge in [0.1, 0.15) is 0 Å². The minimum absolute atomic E-state index is 0.0208. The largest absolute Gasteiger partial charge is 0.353 e. The van der Waals surface area contributed by atoms with E-state index in [9.17, 15) is 14.4 Å². The minimum Gasteiger partial charge on any atom is -0.353 e. The topological polar surface area (TPSA) is 90.5 Å². The number of hydrogen-bond donors (Lipinski definition) is 3. The molecule has 3 N–H and O–H groups in total. The smallest absolute Gasteiger partial charge is 0.265 e. The molecule has 1 aliphatic rings. The summed E-state index contributed by atoms with van der Waals surface area (Å²) in [6.07, 6.45) is 1.53. The monoisotopic (exact) mass is 456 g/mol. The summed E-state index contributed by atoms with van der Waals surface area (Å²) >= 11 is 1.39. The van der Waals surface area contributed by atoms with Crippen LogP contribution in [0.4, 0.5) is 11.4 Å². The first-order valence-corrected chi connectivity index (χ1v) is 12.0. The quantitative estimate of drug-likeness (QED) is 0.563. The molecule has 0 saturated carbocycles. The number of rotatable bonds is 8. The third-order valence-corrected chi connectivity index (χ3v) is 6.74. The zero-order valence-electron chi connectivity index (χ0n) is 18.9. The first-order valence-electron chi connectivity index (χ1n) is 11.1. The highest BCUT2D eigenvalue weighted by Gasteiger charge is 2.27. The van der Waals surface area contributed by atoms with Crippen LogP contribution in [0.5, 0.6) is 0 Å². The van der Waals surface area contributed by atoms with Gasteiger partial charge >= 0.3 is 0 Å². The van der Waals surface area contributed by atoms with Crippen molar-refractivity contribution in [1.29, 1.82) is 0 Å². The van der Waals surface area contributed by atoms with Gasteiger partial charge in [0.2, 0.25) is 11.8 Å². The van der Waals surface area contributed by atoms with E-state index in [1.807, 2.05) is 18.4 Å². The molecule has 0 bridgehead atoms. The Morgan fingerprint density at radius 3 is 2.19 bits per heavy atom. The van der Waals surface area contributed by atoms with Crippen LogP contribution < -0.4 is 16.0 Å². The van der Waals surface area contributed by atoms with Crippen LogP contribution in [0.15, 0.2) is 41.8 Å². The molecular formula is C24H32N4O3S. The van der Waals surface area contributed by atoms with Crippen LogP contribution in [0, 0.1) is 11.8 Å². The summed E-state index contributed by atoms with van der Waals surface area (Å²) in [5.41, 5.74) is 1.36. The van der Waals surface area contributed by atoms with Crippen LogP contribution in [0.3, 0.4) is 0 Å². The molecule has 7 nitrogen and oxygen atoms in total. The van der Waals surface area contributed by atoms with Crippen LogP contribution in [0.2, 0.25) is 0 Å². The van der Waals surface area contributed by atoms with Crippen molar-refractivity contribution in [3.05, 3.63) is 46.7 Å². The molecule has 1 aliphatic heterocycles. The number of nitrogens with zero attached hydrogens (tertiary/aromatic N) is 1. The molecule has 3 rings (SSSR count). The third-order valence-electron chi connectivity index (χ3n) is 5.87. The standard InChI is InChI=1S/C24H32N4O3S/c1-16(2)17(3)25-23(30)18-10-12-28(13-11-18)15-22(29)26-19-6-8-20(9-7-19)27-24(31)21-5-4-14-32-21/h4-9,14,16-18H,10-13,15H2,1-3H3,(H,25,30)(H,26,29)(H,27,31). The van der Waals surface area contributed by atoms with Crippen molar-refractivity contribution in [2.24, 2.45) is 11.8 Å². The summed E-state index contributed by atoms with van der Waals surface area (Å²) in [6.45, 7) is 7.99. The Morgan fingerprint density at radius 2 is 1.62 bits per heavy atom. The van der Waals surface area contributed by atoms with E-state index in [2.05, 4.69) is 34.7 Å². The number of carbonyl (C=O) groups is 3. The highest BCUT2D eigenvalue weighted by molar-refractivity contribution is 7.12. The van der Waals surface area contributed by atoms with E-state index in [4.69, 9.17) is 0 Å². The molecule has 32 heavy (non-hydrogen) atoms. The van der Waals surface area contributed by atoms with Gasteiger partial charge in [-0.2, -0.15) is 0 Å². The summed E-state index contributed by atoms with van der Waals surface area (Å²) in [4.78, 5) is 39.7. The van der Waals surface area contributed by atoms with Crippen LogP contribution in [-0.2, 0) is 9.59 Å². The lowest BCUT2D eigenvalue weighted by Gasteiger charge is -2.31. The second-order valence-electron chi connectivity index (χ2n) is 8.65. The predicted octanol–water partition coefficient (Wildman–Crippen LogP) is 3.81. The normalized spacial score (nSPS) is 15.9. The van der Waals surface area contributed by atoms with Crippen molar-refractivity contribution < 1.29 is 14.4 Å². The number of piperidine rings is 1. The predicted molar refractivity (Wildman–Crippen MR) is 129 cm³/mol. The number of thiophene rings is 1. The second-order valence-corrected chi connectivity index (χ2v) is 9.60. The first kappa shape index (κ1) is 23.9. The Labute approximate surface area is 193 Å². The van der Waals surface area contributed by atoms with Gasteiger partial charge in [0, 0.05) is 23.3 Å². The summed E-state index contributed by atoms with van der Waals surface area (Å²) in [5, 5.41) is 10.7. The summed E-state index contributed by atoms with van der Waals surface area (Å²) in [5.74, 6) is 0.326. The van der Waals surface area contributed by atoms with Gasteiger partial charge in [-0.15, -0.1) is 11.3 Å². The van der Waals surface area contributed by atoms with E-state index < -0.39 is 0 Å². The van der Waals surface area contributed by atoms with Crippen LogP contribution in [-0.4, -0.2) is 48.3 Å². The number of likely N-dealkylation sites (tertiary alicyclic amines) is 1. The molecule has 0 aliphatic carbocycles. The average Bonchev–Trinajstić information content (AvgIpc) is 3.30. The van der Waals surface area contributed by atoms with Gasteiger partial charge < -0.3 is 16.0 Å². The fraction of sp³-hybridized carbons (Fsp3) is 0.458. The number of carbonyl (C=O) groups excluding carboxylic acids is 3. The van der Waals surface area contributed by atoms with E-state index in [1.54, 1.807) is 30.3 Å². The minimum atomic E-state index is -0.146. The molecule has 1 saturated heterocycles. The van der Waals surface area contributed by atoms with Gasteiger partial charge in [-0.25, -0.2) is 0 Å². The summed E-state index contributed by atoms with van der Waals surface area (Å²) in [7, 11) is 0. The second kappa shape index (κ2) is 11.2. The van der Waals surface area contributed by atoms with Crippen molar-refractivity contribution in [1.82, 2.24) is 10.2 Å². The fourth-order valence-corrected chi connectivity index (χ4v) is 4.12. The first-order chi connectivity index (χ1) is 15.3. The molecule has 172 valence electrons. The van der Waals surface area contributed by atoms with E-state index >= 15 is 0 Å². The van der Waals surface area contributed by atoms with E-state index in [0.717, 1.165) is 25.9 Å². The highest BCUT2D eigenvalue weighted by atomic mass is 32.1. The van der Waals surface area contributed by atoms with Gasteiger partial charge in [-0.05, 0) is 74.5 Å². The number of nitrogens with one attached hydrogen (secondary N) is 3. The molecule has 1 aromatic heterocycles. The van der Waals surface area contributed by atoms with E-state index in [-0.39, 0.29) is 29.7 Å². The SMILES string of the molecule is CC(C)C(C)NC(=O)C1CCN(CC(=O)Nc2ccc(NC(=O)c3cccs3)cc2)CC1. The molecular weight excluding hydrogens is 424 g/mol. The van der Waals surface area contributed by atoms with Crippen LogP contribution >= 0.6 is 11.3 Å². The van der Waals surface area contributed by atoms with Crippen molar-refractivity contribution in [2.45, 2.75) is 39.7 Å². The number of hydrogen-bond acceptors (Lipinski definition) is 5. The molecule has 1 atom stereocenters. The molecule has 8 heteroatoms. The molecule has 1 unspecified atom stereocenters. The lowest BCUT2D eigenvalue weighted by molar-refractivity contribution is -0.127. The Hall–Kier alpha value is -2.71. The van der Waals surface area contributed by atoms with Crippen LogP contribution in [0.25, 0.3) is 0 Å². The number of amides is 3. The van der Waals surface area contributed by atoms with Crippen molar-refractivity contribution >= 4 is 40.4 Å². The maximum atomic E-state index is 12.4. The molecule has 0 radical (unpaired) electrons. The fourth-order valence-electron chi connectivity index (χ4n) is 3.50. The Kier molecular flexibility index (Phi) is 8.41. The number of benzene rings is 1. The van der Waals surface area contributed by atoms with Gasteiger partial charge in [0.25, 0.3) is 5.91 Å². The van der Waals surface area contributed by atoms with Crippen molar-refractivity contribution in [2.75, 3.05) is 30.3 Å². The van der Waals surface area contributed by atoms with Gasteiger partial charge in [0.05, 0.1) is 11.4 Å². The van der Waals surface area contributed by atoms with Gasteiger partial charge in [0.15, 0.2) is 0 Å². The maximum absolute atomic E-state index is 12.4. The van der Waals surface area contributed by atoms with E-state index in [0.29, 0.717) is 28.7 Å². The summed E-state index contributed by atoms with van der Waals surface area (Å²) in [6, 6.07) is 10.9. The number of anilines is 2. The lowest BCUT2D eigenvalue weighted by Crippen LogP contribution is -2.45. The molecule has 0 spiro atoms. The van der Waals surface area contributed by atoms with Gasteiger partial charge in [-0.1, -0.05) is 19.9 Å². The molecule has 1 fully saturated rings. The maximum Gasteiger partial charge on any atom is 0.265 e. The zero-order chi connectivity index (χ0) is 23.1. The molecule has 1 aromatic carbocycles. The highest BCUT2D eigenvalue weighted by Crippen LogP contribution is 2.19.